The summed E-state index contributed by atoms with van der Waals surface area (Å²) in [6.07, 6.45) is 7.43. The van der Waals surface area contributed by atoms with E-state index in [0.717, 1.165) is 5.57 Å². The summed E-state index contributed by atoms with van der Waals surface area (Å²) in [5.74, 6) is 0. The number of hydrogen-bond donors (Lipinski definition) is 0. The molecule has 2 nitrogen and oxygen atoms in total. The Morgan fingerprint density at radius 2 is 2.56 bits per heavy atom. The number of fused-ring (bicyclic) bond motifs is 1. The second-order valence-electron chi connectivity index (χ2n) is 2.00. The van der Waals surface area contributed by atoms with Crippen molar-refractivity contribution in [1.29, 1.82) is 0 Å². The second-order valence-corrected chi connectivity index (χ2v) is 2.00. The van der Waals surface area contributed by atoms with Crippen molar-refractivity contribution >= 4 is 0 Å². The van der Waals surface area contributed by atoms with E-state index in [1.54, 1.807) is 6.26 Å². The van der Waals surface area contributed by atoms with E-state index < -0.39 is 0 Å². The molecule has 1 fully saturated rings. The number of rotatable bonds is 0. The van der Waals surface area contributed by atoms with Crippen LogP contribution in [-0.4, -0.2) is 12.9 Å². The predicted octanol–water partition coefficient (Wildman–Crippen LogP) is 1.02. The zero-order valence-corrected chi connectivity index (χ0v) is 4.91. The van der Waals surface area contributed by atoms with Gasteiger partial charge in [-0.25, -0.2) is 0 Å². The van der Waals surface area contributed by atoms with E-state index in [-0.39, 0.29) is 6.29 Å². The first-order valence-electron chi connectivity index (χ1n) is 2.94. The monoisotopic (exact) mass is 123 g/mol. The molecule has 1 saturated heterocycles. The molecule has 47 valence electrons. The summed E-state index contributed by atoms with van der Waals surface area (Å²) >= 11 is 0. The summed E-state index contributed by atoms with van der Waals surface area (Å²) in [6.45, 7) is 0.679. The van der Waals surface area contributed by atoms with Gasteiger partial charge in [-0.3, -0.25) is 0 Å². The van der Waals surface area contributed by atoms with Gasteiger partial charge in [-0.05, 0) is 6.08 Å². The van der Waals surface area contributed by atoms with Crippen LogP contribution in [0.15, 0.2) is 24.0 Å². The van der Waals surface area contributed by atoms with E-state index in [9.17, 15) is 0 Å². The van der Waals surface area contributed by atoms with E-state index in [4.69, 9.17) is 9.47 Å². The summed E-state index contributed by atoms with van der Waals surface area (Å²) in [7, 11) is 0. The highest BCUT2D eigenvalue weighted by Crippen LogP contribution is 2.22. The van der Waals surface area contributed by atoms with Gasteiger partial charge in [0.05, 0.1) is 12.9 Å². The molecule has 0 spiro atoms. The smallest absolute Gasteiger partial charge is 0.222 e. The highest BCUT2D eigenvalue weighted by atomic mass is 16.7. The van der Waals surface area contributed by atoms with Crippen LogP contribution >= 0.6 is 0 Å². The van der Waals surface area contributed by atoms with Gasteiger partial charge in [0.15, 0.2) is 0 Å². The van der Waals surface area contributed by atoms with Crippen LogP contribution in [-0.2, 0) is 9.47 Å². The maximum Gasteiger partial charge on any atom is 0.222 e. The van der Waals surface area contributed by atoms with Gasteiger partial charge in [0.2, 0.25) is 6.29 Å². The summed E-state index contributed by atoms with van der Waals surface area (Å²) in [5, 5.41) is 0. The van der Waals surface area contributed by atoms with E-state index in [1.807, 2.05) is 18.6 Å². The summed E-state index contributed by atoms with van der Waals surface area (Å²) in [4.78, 5) is 0. The SMILES string of the molecule is [CH]1COC2OC=CC=C12. The van der Waals surface area contributed by atoms with Crippen LogP contribution in [0.4, 0.5) is 0 Å². The van der Waals surface area contributed by atoms with Crippen molar-refractivity contribution in [2.45, 2.75) is 6.29 Å². The standard InChI is InChI=1S/C7H7O2/c1-2-6-3-5-9-7(6)8-4-1/h1-4,7H,5H2. The van der Waals surface area contributed by atoms with Crippen molar-refractivity contribution in [3.05, 3.63) is 30.4 Å². The van der Waals surface area contributed by atoms with Gasteiger partial charge in [-0.1, -0.05) is 6.08 Å². The van der Waals surface area contributed by atoms with Gasteiger partial charge in [-0.2, -0.15) is 0 Å². The fourth-order valence-corrected chi connectivity index (χ4v) is 0.956. The minimum atomic E-state index is -0.116. The summed E-state index contributed by atoms with van der Waals surface area (Å²) in [6, 6.07) is 0. The molecule has 0 amide bonds. The fraction of sp³-hybridized carbons (Fsp3) is 0.286. The lowest BCUT2D eigenvalue weighted by Crippen LogP contribution is -2.10. The first-order valence-corrected chi connectivity index (χ1v) is 2.94. The van der Waals surface area contributed by atoms with Gasteiger partial charge < -0.3 is 9.47 Å². The van der Waals surface area contributed by atoms with Gasteiger partial charge in [0.25, 0.3) is 0 Å². The lowest BCUT2D eigenvalue weighted by Gasteiger charge is -2.12. The molecule has 0 aromatic carbocycles. The van der Waals surface area contributed by atoms with E-state index >= 15 is 0 Å². The largest absolute Gasteiger partial charge is 0.469 e. The van der Waals surface area contributed by atoms with Gasteiger partial charge in [0, 0.05) is 12.0 Å². The molecule has 0 aromatic rings. The zero-order chi connectivity index (χ0) is 6.10. The topological polar surface area (TPSA) is 18.5 Å². The molecule has 2 heterocycles. The van der Waals surface area contributed by atoms with Crippen LogP contribution in [0.2, 0.25) is 0 Å². The number of ether oxygens (including phenoxy) is 2. The Kier molecular flexibility index (Phi) is 1.06. The van der Waals surface area contributed by atoms with Crippen molar-refractivity contribution < 1.29 is 9.47 Å². The highest BCUT2D eigenvalue weighted by Gasteiger charge is 2.22. The molecule has 2 heteroatoms. The Bertz CT molecular complexity index is 170. The Morgan fingerprint density at radius 1 is 1.56 bits per heavy atom. The van der Waals surface area contributed by atoms with Crippen molar-refractivity contribution in [2.24, 2.45) is 0 Å². The van der Waals surface area contributed by atoms with Gasteiger partial charge in [-0.15, -0.1) is 0 Å². The van der Waals surface area contributed by atoms with Crippen LogP contribution in [0.1, 0.15) is 0 Å². The van der Waals surface area contributed by atoms with Crippen LogP contribution in [0.25, 0.3) is 0 Å². The molecule has 0 aromatic heterocycles. The third kappa shape index (κ3) is 0.754. The minimum Gasteiger partial charge on any atom is -0.469 e. The van der Waals surface area contributed by atoms with Crippen molar-refractivity contribution in [2.75, 3.05) is 6.61 Å². The molecule has 1 radical (unpaired) electrons. The zero-order valence-electron chi connectivity index (χ0n) is 4.91. The van der Waals surface area contributed by atoms with Gasteiger partial charge in [0.1, 0.15) is 0 Å². The first kappa shape index (κ1) is 5.06. The molecule has 1 unspecified atom stereocenters. The normalized spacial score (nSPS) is 31.1. The molecule has 0 bridgehead atoms. The second kappa shape index (κ2) is 1.88. The molecule has 0 aliphatic carbocycles. The highest BCUT2D eigenvalue weighted by molar-refractivity contribution is 5.27. The Labute approximate surface area is 53.8 Å². The molecule has 0 N–H and O–H groups in total. The Morgan fingerprint density at radius 3 is 3.44 bits per heavy atom. The average Bonchev–Trinajstić information content (AvgIpc) is 2.33. The molecule has 1 atom stereocenters. The van der Waals surface area contributed by atoms with Crippen molar-refractivity contribution in [3.63, 3.8) is 0 Å². The number of hydrogen-bond acceptors (Lipinski definition) is 2. The Balaban J connectivity index is 2.23. The summed E-state index contributed by atoms with van der Waals surface area (Å²) in [5.41, 5.74) is 1.14. The van der Waals surface area contributed by atoms with Crippen molar-refractivity contribution in [1.82, 2.24) is 0 Å². The van der Waals surface area contributed by atoms with E-state index in [2.05, 4.69) is 0 Å². The van der Waals surface area contributed by atoms with E-state index in [1.165, 1.54) is 0 Å². The van der Waals surface area contributed by atoms with Gasteiger partial charge >= 0.3 is 0 Å². The molecular weight excluding hydrogens is 116 g/mol. The lowest BCUT2D eigenvalue weighted by molar-refractivity contribution is -0.0500. The molecule has 9 heavy (non-hydrogen) atoms. The lowest BCUT2D eigenvalue weighted by atomic mass is 10.2. The fourth-order valence-electron chi connectivity index (χ4n) is 0.956. The quantitative estimate of drug-likeness (QED) is 0.478. The van der Waals surface area contributed by atoms with Crippen LogP contribution in [0, 0.1) is 6.42 Å². The van der Waals surface area contributed by atoms with Crippen LogP contribution in [0.5, 0.6) is 0 Å². The minimum absolute atomic E-state index is 0.116. The maximum atomic E-state index is 5.16. The molecule has 0 saturated carbocycles. The molecule has 2 aliphatic rings. The predicted molar refractivity (Wildman–Crippen MR) is 32.3 cm³/mol. The summed E-state index contributed by atoms with van der Waals surface area (Å²) < 4.78 is 10.3. The first-order chi connectivity index (χ1) is 4.47. The number of allylic oxidation sites excluding steroid dienone is 2. The molecule has 2 rings (SSSR count). The third-order valence-corrected chi connectivity index (χ3v) is 1.41. The third-order valence-electron chi connectivity index (χ3n) is 1.41. The average molecular weight is 123 g/mol. The molecular formula is C7H7O2. The van der Waals surface area contributed by atoms with Crippen LogP contribution in [0.3, 0.4) is 0 Å². The molecule has 2 aliphatic heterocycles. The maximum absolute atomic E-state index is 5.16. The van der Waals surface area contributed by atoms with Crippen molar-refractivity contribution in [3.8, 4) is 0 Å². The van der Waals surface area contributed by atoms with E-state index in [0.29, 0.717) is 6.61 Å². The van der Waals surface area contributed by atoms with Crippen LogP contribution < -0.4 is 0 Å². The Hall–Kier alpha value is -0.760.